The molecule has 0 aromatic carbocycles. The number of pyridine rings is 1. The molecule has 0 atom stereocenters. The van der Waals surface area contributed by atoms with Crippen molar-refractivity contribution in [3.05, 3.63) is 30.4 Å². The number of nitrogens with one attached hydrogen (secondary N) is 1. The molecule has 1 N–H and O–H groups in total. The van der Waals surface area contributed by atoms with Crippen LogP contribution in [0.1, 0.15) is 25.5 Å². The first-order valence-electron chi connectivity index (χ1n) is 7.02. The van der Waals surface area contributed by atoms with E-state index in [1.807, 2.05) is 26.8 Å². The van der Waals surface area contributed by atoms with Crippen LogP contribution in [0.4, 0.5) is 5.95 Å². The van der Waals surface area contributed by atoms with E-state index in [1.165, 1.54) is 0 Å². The number of aryl methyl sites for hydroxylation is 1. The number of amides is 1. The van der Waals surface area contributed by atoms with Gasteiger partial charge in [0.05, 0.1) is 6.20 Å². The van der Waals surface area contributed by atoms with Gasteiger partial charge in [0.15, 0.2) is 5.65 Å². The molecule has 8 nitrogen and oxygen atoms in total. The summed E-state index contributed by atoms with van der Waals surface area (Å²) in [5.74, 6) is 0.0489. The van der Waals surface area contributed by atoms with Gasteiger partial charge in [0.1, 0.15) is 12.9 Å². The largest absolute Gasteiger partial charge is 0.292 e. The van der Waals surface area contributed by atoms with Gasteiger partial charge in [-0.15, -0.1) is 5.10 Å². The summed E-state index contributed by atoms with van der Waals surface area (Å²) in [7, 11) is 0. The standard InChI is InChI=1S/C14H17N7O/c1-9(2)21-8-16-14(19-21)18-12(22)7-20-13-11(6-17-20)4-10(3)5-15-13/h4-6,8-9H,7H2,1-3H3,(H,18,19,22). The fourth-order valence-electron chi connectivity index (χ4n) is 2.08. The topological polar surface area (TPSA) is 90.5 Å². The predicted octanol–water partition coefficient (Wildman–Crippen LogP) is 1.55. The smallest absolute Gasteiger partial charge is 0.248 e. The molecule has 0 unspecified atom stereocenters. The van der Waals surface area contributed by atoms with E-state index < -0.39 is 0 Å². The van der Waals surface area contributed by atoms with Crippen LogP contribution in [0.5, 0.6) is 0 Å². The first-order valence-corrected chi connectivity index (χ1v) is 7.02. The molecule has 8 heteroatoms. The highest BCUT2D eigenvalue weighted by Gasteiger charge is 2.11. The molecule has 0 aliphatic rings. The maximum Gasteiger partial charge on any atom is 0.248 e. The molecule has 0 spiro atoms. The Morgan fingerprint density at radius 2 is 2.14 bits per heavy atom. The maximum atomic E-state index is 12.1. The van der Waals surface area contributed by atoms with Gasteiger partial charge in [0, 0.05) is 17.6 Å². The Labute approximate surface area is 127 Å². The van der Waals surface area contributed by atoms with Crippen LogP contribution >= 0.6 is 0 Å². The summed E-state index contributed by atoms with van der Waals surface area (Å²) in [5, 5.41) is 12.0. The lowest BCUT2D eigenvalue weighted by Crippen LogP contribution is -2.20. The number of anilines is 1. The van der Waals surface area contributed by atoms with Crippen molar-refractivity contribution in [3.8, 4) is 0 Å². The second-order valence-corrected chi connectivity index (χ2v) is 5.42. The van der Waals surface area contributed by atoms with Gasteiger partial charge in [-0.2, -0.15) is 5.10 Å². The number of fused-ring (bicyclic) bond motifs is 1. The third-order valence-electron chi connectivity index (χ3n) is 3.19. The van der Waals surface area contributed by atoms with Gasteiger partial charge in [-0.1, -0.05) is 0 Å². The van der Waals surface area contributed by atoms with Crippen molar-refractivity contribution in [1.82, 2.24) is 29.5 Å². The third kappa shape index (κ3) is 2.80. The highest BCUT2D eigenvalue weighted by molar-refractivity contribution is 5.89. The molecular weight excluding hydrogens is 282 g/mol. The Balaban J connectivity index is 1.72. The lowest BCUT2D eigenvalue weighted by molar-refractivity contribution is -0.116. The SMILES string of the molecule is Cc1cnc2c(cnn2CC(=O)Nc2ncn(C(C)C)n2)c1. The average molecular weight is 299 g/mol. The predicted molar refractivity (Wildman–Crippen MR) is 81.3 cm³/mol. The van der Waals surface area contributed by atoms with E-state index in [9.17, 15) is 4.79 Å². The number of hydrogen-bond acceptors (Lipinski definition) is 5. The summed E-state index contributed by atoms with van der Waals surface area (Å²) in [6, 6.07) is 2.18. The van der Waals surface area contributed by atoms with Crippen LogP contribution < -0.4 is 5.32 Å². The van der Waals surface area contributed by atoms with Crippen molar-refractivity contribution in [2.75, 3.05) is 5.32 Å². The number of hydrogen-bond donors (Lipinski definition) is 1. The van der Waals surface area contributed by atoms with Gasteiger partial charge >= 0.3 is 0 Å². The maximum absolute atomic E-state index is 12.1. The van der Waals surface area contributed by atoms with Crippen molar-refractivity contribution in [3.63, 3.8) is 0 Å². The summed E-state index contributed by atoms with van der Waals surface area (Å²) in [5.41, 5.74) is 1.74. The van der Waals surface area contributed by atoms with Gasteiger partial charge in [0.25, 0.3) is 0 Å². The van der Waals surface area contributed by atoms with Crippen LogP contribution in [-0.2, 0) is 11.3 Å². The molecule has 0 aliphatic heterocycles. The Morgan fingerprint density at radius 3 is 2.86 bits per heavy atom. The zero-order valence-electron chi connectivity index (χ0n) is 12.7. The fourth-order valence-corrected chi connectivity index (χ4v) is 2.08. The molecule has 22 heavy (non-hydrogen) atoms. The van der Waals surface area contributed by atoms with Crippen LogP contribution in [0.3, 0.4) is 0 Å². The summed E-state index contributed by atoms with van der Waals surface area (Å²) in [4.78, 5) is 20.4. The summed E-state index contributed by atoms with van der Waals surface area (Å²) < 4.78 is 3.24. The van der Waals surface area contributed by atoms with E-state index in [1.54, 1.807) is 28.1 Å². The molecule has 0 saturated heterocycles. The Hall–Kier alpha value is -2.77. The number of rotatable bonds is 4. The summed E-state index contributed by atoms with van der Waals surface area (Å²) >= 11 is 0. The molecule has 0 aliphatic carbocycles. The Bertz CT molecular complexity index is 818. The monoisotopic (exact) mass is 299 g/mol. The van der Waals surface area contributed by atoms with E-state index >= 15 is 0 Å². The molecule has 0 radical (unpaired) electrons. The summed E-state index contributed by atoms with van der Waals surface area (Å²) in [6.45, 7) is 6.01. The highest BCUT2D eigenvalue weighted by atomic mass is 16.2. The van der Waals surface area contributed by atoms with Gasteiger partial charge < -0.3 is 0 Å². The molecule has 3 heterocycles. The lowest BCUT2D eigenvalue weighted by Gasteiger charge is -2.04. The van der Waals surface area contributed by atoms with Crippen molar-refractivity contribution in [2.45, 2.75) is 33.4 Å². The minimum Gasteiger partial charge on any atom is -0.292 e. The van der Waals surface area contributed by atoms with E-state index in [-0.39, 0.29) is 18.5 Å². The molecule has 1 amide bonds. The second-order valence-electron chi connectivity index (χ2n) is 5.42. The number of aromatic nitrogens is 6. The van der Waals surface area contributed by atoms with Crippen molar-refractivity contribution in [1.29, 1.82) is 0 Å². The Morgan fingerprint density at radius 1 is 1.32 bits per heavy atom. The number of carbonyl (C=O) groups is 1. The van der Waals surface area contributed by atoms with Crippen molar-refractivity contribution < 1.29 is 4.79 Å². The number of nitrogens with zero attached hydrogens (tertiary/aromatic N) is 6. The van der Waals surface area contributed by atoms with Crippen LogP contribution in [0.25, 0.3) is 11.0 Å². The zero-order valence-corrected chi connectivity index (χ0v) is 12.7. The molecule has 3 aromatic heterocycles. The van der Waals surface area contributed by atoms with Gasteiger partial charge in [0.2, 0.25) is 11.9 Å². The molecule has 0 fully saturated rings. The minimum absolute atomic E-state index is 0.0653. The molecule has 0 bridgehead atoms. The zero-order chi connectivity index (χ0) is 15.7. The second kappa shape index (κ2) is 5.55. The number of carbonyl (C=O) groups excluding carboxylic acids is 1. The van der Waals surface area contributed by atoms with E-state index in [4.69, 9.17) is 0 Å². The minimum atomic E-state index is -0.242. The fraction of sp³-hybridized carbons (Fsp3) is 0.357. The van der Waals surface area contributed by atoms with Crippen LogP contribution in [0, 0.1) is 6.92 Å². The first kappa shape index (κ1) is 14.2. The molecule has 114 valence electrons. The van der Waals surface area contributed by atoms with Crippen molar-refractivity contribution in [2.24, 2.45) is 0 Å². The Kier molecular flexibility index (Phi) is 3.58. The van der Waals surface area contributed by atoms with Gasteiger partial charge in [-0.05, 0) is 32.4 Å². The van der Waals surface area contributed by atoms with E-state index in [0.717, 1.165) is 10.9 Å². The average Bonchev–Trinajstić information content (AvgIpc) is 3.06. The highest BCUT2D eigenvalue weighted by Crippen LogP contribution is 2.12. The lowest BCUT2D eigenvalue weighted by atomic mass is 10.3. The third-order valence-corrected chi connectivity index (χ3v) is 3.19. The summed E-state index contributed by atoms with van der Waals surface area (Å²) in [6.07, 6.45) is 5.05. The molecule has 0 saturated carbocycles. The molecule has 3 rings (SSSR count). The molecule has 3 aromatic rings. The van der Waals surface area contributed by atoms with Crippen LogP contribution in [-0.4, -0.2) is 35.4 Å². The first-order chi connectivity index (χ1) is 10.5. The van der Waals surface area contributed by atoms with Crippen molar-refractivity contribution >= 4 is 22.9 Å². The van der Waals surface area contributed by atoms with Crippen LogP contribution in [0.15, 0.2) is 24.8 Å². The van der Waals surface area contributed by atoms with E-state index in [0.29, 0.717) is 11.6 Å². The van der Waals surface area contributed by atoms with E-state index in [2.05, 4.69) is 25.5 Å². The normalized spacial score (nSPS) is 11.3. The quantitative estimate of drug-likeness (QED) is 0.789. The van der Waals surface area contributed by atoms with Crippen LogP contribution in [0.2, 0.25) is 0 Å². The molecular formula is C14H17N7O. The van der Waals surface area contributed by atoms with Gasteiger partial charge in [-0.3, -0.25) is 10.1 Å². The van der Waals surface area contributed by atoms with Gasteiger partial charge in [-0.25, -0.2) is 19.3 Å².